The number of hydrogen-bond acceptors (Lipinski definition) is 3. The van der Waals surface area contributed by atoms with Gasteiger partial charge in [-0.25, -0.2) is 13.8 Å². The first-order chi connectivity index (χ1) is 8.60. The smallest absolute Gasteiger partial charge is 0.134 e. The summed E-state index contributed by atoms with van der Waals surface area (Å²) in [7, 11) is 1.51. The van der Waals surface area contributed by atoms with Crippen molar-refractivity contribution in [2.24, 2.45) is 0 Å². The number of methoxy groups -OCH3 is 1. The van der Waals surface area contributed by atoms with E-state index in [1.807, 2.05) is 0 Å². The van der Waals surface area contributed by atoms with Crippen molar-refractivity contribution in [3.63, 3.8) is 0 Å². The summed E-state index contributed by atoms with van der Waals surface area (Å²) in [6, 6.07) is 4.71. The average molecular weight is 268 g/mol. The first-order valence-electron chi connectivity index (χ1n) is 5.15. The number of H-pyrrole nitrogens is 1. The second-order valence-corrected chi connectivity index (χ2v) is 4.06. The molecule has 0 saturated carbocycles. The van der Waals surface area contributed by atoms with Gasteiger partial charge < -0.3 is 9.72 Å². The third-order valence-corrected chi connectivity index (χ3v) is 2.50. The maximum atomic E-state index is 13.6. The lowest BCUT2D eigenvalue weighted by Crippen LogP contribution is -2.00. The van der Waals surface area contributed by atoms with Crippen molar-refractivity contribution in [3.8, 4) is 11.3 Å². The molecule has 94 valence electrons. The van der Waals surface area contributed by atoms with Crippen LogP contribution in [0.3, 0.4) is 0 Å². The van der Waals surface area contributed by atoms with E-state index in [1.165, 1.54) is 13.2 Å². The normalized spacial score (nSPS) is 10.6. The zero-order valence-corrected chi connectivity index (χ0v) is 10.4. The van der Waals surface area contributed by atoms with Crippen LogP contribution in [0.1, 0.15) is 5.82 Å². The van der Waals surface area contributed by atoms with Crippen molar-refractivity contribution in [3.05, 3.63) is 46.4 Å². The van der Waals surface area contributed by atoms with Crippen LogP contribution in [0.5, 0.6) is 0 Å². The van der Waals surface area contributed by atoms with Crippen LogP contribution in [-0.2, 0) is 11.3 Å². The van der Waals surface area contributed by atoms with Crippen molar-refractivity contribution in [2.45, 2.75) is 6.61 Å². The van der Waals surface area contributed by atoms with Crippen LogP contribution in [-0.4, -0.2) is 17.1 Å². The van der Waals surface area contributed by atoms with E-state index in [9.17, 15) is 8.78 Å². The van der Waals surface area contributed by atoms with Crippen molar-refractivity contribution < 1.29 is 13.5 Å². The third-order valence-electron chi connectivity index (χ3n) is 2.29. The fourth-order valence-corrected chi connectivity index (χ4v) is 1.79. The molecule has 0 aliphatic rings. The molecule has 1 N–H and O–H groups in total. The molecule has 0 spiro atoms. The van der Waals surface area contributed by atoms with Gasteiger partial charge in [0.2, 0.25) is 0 Å². The van der Waals surface area contributed by atoms with Crippen LogP contribution in [0, 0.1) is 16.3 Å². The minimum atomic E-state index is -0.531. The summed E-state index contributed by atoms with van der Waals surface area (Å²) in [4.78, 5) is 6.88. The van der Waals surface area contributed by atoms with Gasteiger partial charge in [0, 0.05) is 12.7 Å². The Hall–Kier alpha value is -1.66. The minimum absolute atomic E-state index is 0.112. The standard InChI is InChI=1S/C12H10F2N2OS/c1-17-6-11-15-10(5-12(18)16-11)8-4-7(13)2-3-9(8)14/h2-5H,6H2,1H3,(H,15,16,18). The predicted octanol–water partition coefficient (Wildman–Crippen LogP) is 3.23. The van der Waals surface area contributed by atoms with E-state index in [1.54, 1.807) is 0 Å². The highest BCUT2D eigenvalue weighted by Crippen LogP contribution is 2.22. The van der Waals surface area contributed by atoms with Crippen LogP contribution in [0.25, 0.3) is 11.3 Å². The molecule has 1 heterocycles. The van der Waals surface area contributed by atoms with Crippen LogP contribution in [0.2, 0.25) is 0 Å². The summed E-state index contributed by atoms with van der Waals surface area (Å²) in [6.07, 6.45) is 0. The number of nitrogens with zero attached hydrogens (tertiary/aromatic N) is 1. The molecule has 2 rings (SSSR count). The van der Waals surface area contributed by atoms with Crippen molar-refractivity contribution >= 4 is 12.2 Å². The molecule has 0 amide bonds. The minimum Gasteiger partial charge on any atom is -0.377 e. The van der Waals surface area contributed by atoms with E-state index in [2.05, 4.69) is 9.97 Å². The molecule has 1 aromatic carbocycles. The summed E-state index contributed by atoms with van der Waals surface area (Å²) >= 11 is 4.97. The lowest BCUT2D eigenvalue weighted by atomic mass is 10.1. The molecule has 0 atom stereocenters. The topological polar surface area (TPSA) is 37.9 Å². The Morgan fingerprint density at radius 1 is 1.33 bits per heavy atom. The van der Waals surface area contributed by atoms with Gasteiger partial charge in [-0.05, 0) is 24.3 Å². The highest BCUT2D eigenvalue weighted by molar-refractivity contribution is 7.71. The maximum absolute atomic E-state index is 13.6. The zero-order chi connectivity index (χ0) is 13.1. The Balaban J connectivity index is 2.56. The number of nitrogens with one attached hydrogen (secondary N) is 1. The Bertz CT molecular complexity index is 628. The summed E-state index contributed by atoms with van der Waals surface area (Å²) in [5.74, 6) is -0.587. The third kappa shape index (κ3) is 2.77. The fourth-order valence-electron chi connectivity index (χ4n) is 1.56. The molecular formula is C12H10F2N2OS. The van der Waals surface area contributed by atoms with Crippen molar-refractivity contribution in [1.29, 1.82) is 0 Å². The molecule has 0 fully saturated rings. The Labute approximate surface area is 107 Å². The second kappa shape index (κ2) is 5.32. The van der Waals surface area contributed by atoms with Gasteiger partial charge in [-0.15, -0.1) is 0 Å². The molecule has 0 aliphatic carbocycles. The molecular weight excluding hydrogens is 258 g/mol. The molecule has 3 nitrogen and oxygen atoms in total. The molecule has 0 saturated heterocycles. The maximum Gasteiger partial charge on any atom is 0.134 e. The summed E-state index contributed by atoms with van der Waals surface area (Å²) < 4.78 is 32.0. The Morgan fingerprint density at radius 2 is 2.11 bits per heavy atom. The summed E-state index contributed by atoms with van der Waals surface area (Å²) in [5, 5.41) is 0. The largest absolute Gasteiger partial charge is 0.377 e. The van der Waals surface area contributed by atoms with Crippen LogP contribution >= 0.6 is 12.2 Å². The van der Waals surface area contributed by atoms with E-state index >= 15 is 0 Å². The highest BCUT2D eigenvalue weighted by Gasteiger charge is 2.08. The van der Waals surface area contributed by atoms with Crippen LogP contribution in [0.15, 0.2) is 24.3 Å². The van der Waals surface area contributed by atoms with Gasteiger partial charge in [0.25, 0.3) is 0 Å². The number of benzene rings is 1. The molecule has 2 aromatic rings. The number of ether oxygens (including phenoxy) is 1. The fraction of sp³-hybridized carbons (Fsp3) is 0.167. The van der Waals surface area contributed by atoms with Crippen molar-refractivity contribution in [1.82, 2.24) is 9.97 Å². The van der Waals surface area contributed by atoms with E-state index < -0.39 is 11.6 Å². The SMILES string of the molecule is COCc1nc(=S)cc(-c2cc(F)ccc2F)[nH]1. The van der Waals surface area contributed by atoms with E-state index in [0.29, 0.717) is 16.2 Å². The van der Waals surface area contributed by atoms with Gasteiger partial charge in [0.15, 0.2) is 0 Å². The van der Waals surface area contributed by atoms with Gasteiger partial charge in [-0.3, -0.25) is 0 Å². The average Bonchev–Trinajstić information content (AvgIpc) is 2.32. The monoisotopic (exact) mass is 268 g/mol. The van der Waals surface area contributed by atoms with Gasteiger partial charge in [0.05, 0.1) is 5.69 Å². The Kier molecular flexibility index (Phi) is 3.78. The summed E-state index contributed by atoms with van der Waals surface area (Å²) in [5.41, 5.74) is 0.486. The molecule has 0 bridgehead atoms. The predicted molar refractivity (Wildman–Crippen MR) is 65.5 cm³/mol. The first-order valence-corrected chi connectivity index (χ1v) is 5.55. The van der Waals surface area contributed by atoms with Crippen LogP contribution in [0.4, 0.5) is 8.78 Å². The molecule has 0 aliphatic heterocycles. The van der Waals surface area contributed by atoms with E-state index in [0.717, 1.165) is 18.2 Å². The molecule has 1 aromatic heterocycles. The lowest BCUT2D eigenvalue weighted by Gasteiger charge is -2.06. The van der Waals surface area contributed by atoms with Gasteiger partial charge in [-0.1, -0.05) is 12.2 Å². The molecule has 6 heteroatoms. The molecule has 0 unspecified atom stereocenters. The molecule has 18 heavy (non-hydrogen) atoms. The van der Waals surface area contributed by atoms with E-state index in [4.69, 9.17) is 17.0 Å². The summed E-state index contributed by atoms with van der Waals surface area (Å²) in [6.45, 7) is 0.217. The highest BCUT2D eigenvalue weighted by atomic mass is 32.1. The van der Waals surface area contributed by atoms with Crippen LogP contribution < -0.4 is 0 Å². The Morgan fingerprint density at radius 3 is 2.83 bits per heavy atom. The number of aromatic nitrogens is 2. The second-order valence-electron chi connectivity index (χ2n) is 3.64. The molecule has 0 radical (unpaired) electrons. The number of rotatable bonds is 3. The van der Waals surface area contributed by atoms with Gasteiger partial charge in [-0.2, -0.15) is 0 Å². The lowest BCUT2D eigenvalue weighted by molar-refractivity contribution is 0.177. The zero-order valence-electron chi connectivity index (χ0n) is 9.54. The quantitative estimate of drug-likeness (QED) is 0.868. The number of aromatic amines is 1. The van der Waals surface area contributed by atoms with Crippen molar-refractivity contribution in [2.75, 3.05) is 7.11 Å². The van der Waals surface area contributed by atoms with Gasteiger partial charge >= 0.3 is 0 Å². The van der Waals surface area contributed by atoms with Gasteiger partial charge in [0.1, 0.15) is 28.7 Å². The number of hydrogen-bond donors (Lipinski definition) is 1. The first kappa shape index (κ1) is 12.8. The van der Waals surface area contributed by atoms with E-state index in [-0.39, 0.29) is 12.2 Å². The number of halogens is 2.